The van der Waals surface area contributed by atoms with Gasteiger partial charge in [0.2, 0.25) is 0 Å². The summed E-state index contributed by atoms with van der Waals surface area (Å²) in [5, 5.41) is 0.632. The van der Waals surface area contributed by atoms with Gasteiger partial charge in [-0.25, -0.2) is 0 Å². The molecule has 1 unspecified atom stereocenters. The van der Waals surface area contributed by atoms with Crippen molar-refractivity contribution in [2.24, 2.45) is 0 Å². The van der Waals surface area contributed by atoms with Gasteiger partial charge < -0.3 is 4.90 Å². The third-order valence-corrected chi connectivity index (χ3v) is 4.19. The standard InChI is InChI=1S/C15H21BrClNO/c1-4-6-9-18(11(3)5-2)15(19)13-8-7-12(17)10-14(13)16/h7-8,10-11H,4-6,9H2,1-3H3. The van der Waals surface area contributed by atoms with Crippen LogP contribution in [0.2, 0.25) is 5.02 Å². The van der Waals surface area contributed by atoms with Crippen molar-refractivity contribution in [1.82, 2.24) is 4.90 Å². The summed E-state index contributed by atoms with van der Waals surface area (Å²) in [5.74, 6) is 0.0753. The number of amides is 1. The van der Waals surface area contributed by atoms with E-state index in [1.165, 1.54) is 0 Å². The van der Waals surface area contributed by atoms with Gasteiger partial charge >= 0.3 is 0 Å². The molecule has 1 amide bonds. The van der Waals surface area contributed by atoms with E-state index < -0.39 is 0 Å². The van der Waals surface area contributed by atoms with Gasteiger partial charge in [-0.1, -0.05) is 31.9 Å². The Kier molecular flexibility index (Phi) is 6.87. The lowest BCUT2D eigenvalue weighted by Gasteiger charge is -2.29. The highest BCUT2D eigenvalue weighted by Crippen LogP contribution is 2.24. The lowest BCUT2D eigenvalue weighted by Crippen LogP contribution is -2.39. The first-order valence-electron chi connectivity index (χ1n) is 6.77. The minimum absolute atomic E-state index is 0.0753. The van der Waals surface area contributed by atoms with Crippen molar-refractivity contribution in [3.8, 4) is 0 Å². The Bertz CT molecular complexity index is 436. The highest BCUT2D eigenvalue weighted by atomic mass is 79.9. The Morgan fingerprint density at radius 1 is 1.42 bits per heavy atom. The van der Waals surface area contributed by atoms with Gasteiger partial charge in [-0.05, 0) is 53.9 Å². The van der Waals surface area contributed by atoms with Crippen molar-refractivity contribution in [2.45, 2.75) is 46.1 Å². The molecule has 0 aromatic heterocycles. The van der Waals surface area contributed by atoms with Crippen LogP contribution in [-0.4, -0.2) is 23.4 Å². The van der Waals surface area contributed by atoms with Gasteiger partial charge in [-0.3, -0.25) is 4.79 Å². The van der Waals surface area contributed by atoms with Crippen LogP contribution in [0.15, 0.2) is 22.7 Å². The number of rotatable bonds is 6. The van der Waals surface area contributed by atoms with Crippen LogP contribution in [0.1, 0.15) is 50.4 Å². The van der Waals surface area contributed by atoms with Crippen molar-refractivity contribution < 1.29 is 4.79 Å². The lowest BCUT2D eigenvalue weighted by molar-refractivity contribution is 0.0684. The maximum absolute atomic E-state index is 12.6. The molecule has 1 rings (SSSR count). The highest BCUT2D eigenvalue weighted by molar-refractivity contribution is 9.10. The maximum atomic E-state index is 12.6. The van der Waals surface area contributed by atoms with Gasteiger partial charge in [-0.2, -0.15) is 0 Å². The first-order valence-corrected chi connectivity index (χ1v) is 7.94. The maximum Gasteiger partial charge on any atom is 0.255 e. The second-order valence-electron chi connectivity index (χ2n) is 4.73. The Morgan fingerprint density at radius 3 is 2.63 bits per heavy atom. The average Bonchev–Trinajstić information content (AvgIpc) is 2.38. The van der Waals surface area contributed by atoms with E-state index in [0.717, 1.165) is 30.3 Å². The van der Waals surface area contributed by atoms with Crippen LogP contribution in [0.5, 0.6) is 0 Å². The van der Waals surface area contributed by atoms with Crippen LogP contribution in [0.25, 0.3) is 0 Å². The number of hydrogen-bond acceptors (Lipinski definition) is 1. The van der Waals surface area contributed by atoms with Gasteiger partial charge in [0.1, 0.15) is 0 Å². The molecule has 4 heteroatoms. The van der Waals surface area contributed by atoms with Crippen LogP contribution in [0.3, 0.4) is 0 Å². The molecule has 19 heavy (non-hydrogen) atoms. The molecular formula is C15H21BrClNO. The fourth-order valence-electron chi connectivity index (χ4n) is 1.89. The van der Waals surface area contributed by atoms with Crippen LogP contribution >= 0.6 is 27.5 Å². The summed E-state index contributed by atoms with van der Waals surface area (Å²) in [4.78, 5) is 14.6. The first kappa shape index (κ1) is 16.5. The van der Waals surface area contributed by atoms with Gasteiger partial charge in [0, 0.05) is 22.1 Å². The van der Waals surface area contributed by atoms with Crippen molar-refractivity contribution in [1.29, 1.82) is 0 Å². The summed E-state index contributed by atoms with van der Waals surface area (Å²) in [6.07, 6.45) is 3.07. The van der Waals surface area contributed by atoms with E-state index in [4.69, 9.17) is 11.6 Å². The molecule has 0 aliphatic rings. The monoisotopic (exact) mass is 345 g/mol. The molecule has 0 saturated heterocycles. The number of hydrogen-bond donors (Lipinski definition) is 0. The molecular weight excluding hydrogens is 326 g/mol. The van der Waals surface area contributed by atoms with E-state index in [1.54, 1.807) is 18.2 Å². The van der Waals surface area contributed by atoms with Crippen LogP contribution < -0.4 is 0 Å². The zero-order valence-electron chi connectivity index (χ0n) is 11.7. The first-order chi connectivity index (χ1) is 9.01. The van der Waals surface area contributed by atoms with Crippen LogP contribution in [-0.2, 0) is 0 Å². The van der Waals surface area contributed by atoms with E-state index >= 15 is 0 Å². The summed E-state index contributed by atoms with van der Waals surface area (Å²) >= 11 is 9.34. The molecule has 106 valence electrons. The predicted octanol–water partition coefficient (Wildman–Crippen LogP) is 5.14. The molecule has 0 radical (unpaired) electrons. The molecule has 1 aromatic rings. The number of unbranched alkanes of at least 4 members (excludes halogenated alkanes) is 1. The van der Waals surface area contributed by atoms with Crippen molar-refractivity contribution in [3.05, 3.63) is 33.3 Å². The molecule has 0 saturated carbocycles. The van der Waals surface area contributed by atoms with Gasteiger partial charge in [0.15, 0.2) is 0 Å². The fourth-order valence-corrected chi connectivity index (χ4v) is 2.74. The largest absolute Gasteiger partial charge is 0.336 e. The average molecular weight is 347 g/mol. The summed E-state index contributed by atoms with van der Waals surface area (Å²) in [6.45, 7) is 7.14. The minimum Gasteiger partial charge on any atom is -0.336 e. The van der Waals surface area contributed by atoms with Crippen LogP contribution in [0.4, 0.5) is 0 Å². The van der Waals surface area contributed by atoms with E-state index in [9.17, 15) is 4.79 Å². The van der Waals surface area contributed by atoms with Gasteiger partial charge in [0.05, 0.1) is 5.56 Å². The Hall–Kier alpha value is -0.540. The van der Waals surface area contributed by atoms with Crippen molar-refractivity contribution in [3.63, 3.8) is 0 Å². The number of carbonyl (C=O) groups excluding carboxylic acids is 1. The SMILES string of the molecule is CCCCN(C(=O)c1ccc(Cl)cc1Br)C(C)CC. The lowest BCUT2D eigenvalue weighted by atomic mass is 10.1. The summed E-state index contributed by atoms with van der Waals surface area (Å²) in [7, 11) is 0. The Balaban J connectivity index is 2.97. The molecule has 1 aromatic carbocycles. The van der Waals surface area contributed by atoms with E-state index in [0.29, 0.717) is 10.6 Å². The third-order valence-electron chi connectivity index (χ3n) is 3.30. The molecule has 2 nitrogen and oxygen atoms in total. The summed E-state index contributed by atoms with van der Waals surface area (Å²) < 4.78 is 0.759. The number of carbonyl (C=O) groups is 1. The molecule has 0 fully saturated rings. The van der Waals surface area contributed by atoms with Crippen LogP contribution in [0, 0.1) is 0 Å². The molecule has 0 aliphatic carbocycles. The second-order valence-corrected chi connectivity index (χ2v) is 6.02. The summed E-state index contributed by atoms with van der Waals surface area (Å²) in [5.41, 5.74) is 0.681. The molecule has 0 aliphatic heterocycles. The summed E-state index contributed by atoms with van der Waals surface area (Å²) in [6, 6.07) is 5.56. The molecule has 0 N–H and O–H groups in total. The number of benzene rings is 1. The zero-order chi connectivity index (χ0) is 14.4. The minimum atomic E-state index is 0.0753. The second kappa shape index (κ2) is 7.91. The molecule has 0 heterocycles. The normalized spacial score (nSPS) is 12.3. The Morgan fingerprint density at radius 2 is 2.11 bits per heavy atom. The molecule has 0 bridgehead atoms. The highest BCUT2D eigenvalue weighted by Gasteiger charge is 2.21. The predicted molar refractivity (Wildman–Crippen MR) is 84.8 cm³/mol. The molecule has 1 atom stereocenters. The Labute approximate surface area is 129 Å². The van der Waals surface area contributed by atoms with E-state index in [-0.39, 0.29) is 11.9 Å². The quantitative estimate of drug-likeness (QED) is 0.698. The fraction of sp³-hybridized carbons (Fsp3) is 0.533. The number of halogens is 2. The van der Waals surface area contributed by atoms with E-state index in [2.05, 4.69) is 36.7 Å². The van der Waals surface area contributed by atoms with Gasteiger partial charge in [-0.15, -0.1) is 0 Å². The molecule has 0 spiro atoms. The van der Waals surface area contributed by atoms with Crippen molar-refractivity contribution >= 4 is 33.4 Å². The zero-order valence-corrected chi connectivity index (χ0v) is 14.1. The van der Waals surface area contributed by atoms with E-state index in [1.807, 2.05) is 4.90 Å². The number of nitrogens with zero attached hydrogens (tertiary/aromatic N) is 1. The van der Waals surface area contributed by atoms with Crippen molar-refractivity contribution in [2.75, 3.05) is 6.54 Å². The smallest absolute Gasteiger partial charge is 0.255 e. The van der Waals surface area contributed by atoms with Gasteiger partial charge in [0.25, 0.3) is 5.91 Å². The third kappa shape index (κ3) is 4.50. The topological polar surface area (TPSA) is 20.3 Å².